The van der Waals surface area contributed by atoms with Crippen LogP contribution in [0.3, 0.4) is 0 Å². The first kappa shape index (κ1) is 32.5. The summed E-state index contributed by atoms with van der Waals surface area (Å²) in [6.07, 6.45) is 0.968. The zero-order valence-electron chi connectivity index (χ0n) is 25.4. The number of carbonyl (C=O) groups is 4. The molecule has 2 aliphatic carbocycles. The van der Waals surface area contributed by atoms with Gasteiger partial charge in [0.1, 0.15) is 11.4 Å². The maximum Gasteiger partial charge on any atom is 0.258 e. The molecule has 3 aromatic rings. The Morgan fingerprint density at radius 1 is 0.812 bits per heavy atom. The Bertz CT molecular complexity index is 2040. The summed E-state index contributed by atoms with van der Waals surface area (Å²) in [4.78, 5) is 51.8. The number of hydrogen-bond donors (Lipinski definition) is 1. The Labute approximate surface area is 279 Å². The van der Waals surface area contributed by atoms with Crippen molar-refractivity contribution >= 4 is 63.3 Å². The lowest BCUT2D eigenvalue weighted by molar-refractivity contribution is -0.145. The molecule has 0 radical (unpaired) electrons. The van der Waals surface area contributed by atoms with Crippen LogP contribution in [0.1, 0.15) is 45.1 Å². The zero-order valence-corrected chi connectivity index (χ0v) is 26.9. The summed E-state index contributed by atoms with van der Waals surface area (Å²) in [6.45, 7) is 5.00. The highest BCUT2D eigenvalue weighted by Gasteiger charge is 2.77. The third-order valence-corrected chi connectivity index (χ3v) is 11.5. The molecule has 1 N–H and O–H groups in total. The highest BCUT2D eigenvalue weighted by molar-refractivity contribution is 6.58. The zero-order chi connectivity index (χ0) is 35.0. The fourth-order valence-electron chi connectivity index (χ4n) is 8.08. The first-order valence-corrected chi connectivity index (χ1v) is 15.7. The van der Waals surface area contributed by atoms with Crippen molar-refractivity contribution in [1.29, 1.82) is 0 Å². The molecule has 250 valence electrons. The van der Waals surface area contributed by atoms with Gasteiger partial charge in [-0.2, -0.15) is 0 Å². The molecule has 48 heavy (non-hydrogen) atoms. The van der Waals surface area contributed by atoms with Crippen molar-refractivity contribution in [2.24, 2.45) is 17.8 Å². The van der Waals surface area contributed by atoms with Crippen LogP contribution >= 0.6 is 23.2 Å². The van der Waals surface area contributed by atoms with E-state index in [2.05, 4.69) is 0 Å². The van der Waals surface area contributed by atoms with E-state index >= 15 is 8.78 Å². The van der Waals surface area contributed by atoms with Crippen LogP contribution in [0.15, 0.2) is 48.0 Å². The van der Waals surface area contributed by atoms with E-state index < -0.39 is 104 Å². The molecule has 7 rings (SSSR count). The van der Waals surface area contributed by atoms with E-state index in [1.165, 1.54) is 6.07 Å². The number of phenols is 1. The van der Waals surface area contributed by atoms with Crippen molar-refractivity contribution in [2.75, 3.05) is 4.90 Å². The summed E-state index contributed by atoms with van der Waals surface area (Å²) >= 11 is 14.3. The van der Waals surface area contributed by atoms with Crippen LogP contribution in [0.5, 0.6) is 5.75 Å². The van der Waals surface area contributed by atoms with E-state index in [4.69, 9.17) is 23.2 Å². The van der Waals surface area contributed by atoms with Gasteiger partial charge in [0, 0.05) is 22.4 Å². The van der Waals surface area contributed by atoms with Crippen LogP contribution in [0.2, 0.25) is 0 Å². The average Bonchev–Trinajstić information content (AvgIpc) is 3.38. The summed E-state index contributed by atoms with van der Waals surface area (Å²) < 4.78 is 73.3. The first-order valence-electron chi connectivity index (χ1n) is 15.0. The molecule has 2 heterocycles. The Hall–Kier alpha value is -4.03. The lowest BCUT2D eigenvalue weighted by Crippen LogP contribution is -2.60. The van der Waals surface area contributed by atoms with Gasteiger partial charge in [-0.15, -0.1) is 23.2 Å². The number of aromatic hydroxyl groups is 1. The van der Waals surface area contributed by atoms with Gasteiger partial charge in [0.05, 0.1) is 11.8 Å². The normalized spacial score (nSPS) is 30.2. The molecular formula is C34H25Cl2F5N2O5. The van der Waals surface area contributed by atoms with Crippen molar-refractivity contribution in [2.45, 2.75) is 54.8 Å². The Balaban J connectivity index is 1.50. The number of benzene rings is 3. The number of rotatable bonds is 2. The van der Waals surface area contributed by atoms with Crippen LogP contribution in [0.25, 0.3) is 10.8 Å². The monoisotopic (exact) mass is 706 g/mol. The molecule has 4 amide bonds. The second-order valence-corrected chi connectivity index (χ2v) is 14.8. The maximum absolute atomic E-state index is 15.2. The topological polar surface area (TPSA) is 95.0 Å². The molecule has 0 spiro atoms. The third-order valence-electron chi connectivity index (χ3n) is 10.1. The molecule has 2 aliphatic heterocycles. The quantitative estimate of drug-likeness (QED) is 0.0810. The van der Waals surface area contributed by atoms with Gasteiger partial charge in [-0.05, 0) is 44.9 Å². The largest absolute Gasteiger partial charge is 0.507 e. The second kappa shape index (κ2) is 10.2. The number of amides is 4. The third kappa shape index (κ3) is 3.87. The molecule has 0 aromatic heterocycles. The number of nitrogens with zero attached hydrogens (tertiary/aromatic N) is 2. The van der Waals surface area contributed by atoms with Gasteiger partial charge in [0.2, 0.25) is 17.6 Å². The minimum atomic E-state index is -2.73. The SMILES string of the molecule is CC(C)(C)N1C(=O)C2CC=C3C(CC4(Cl)C(=O)N(c5c(F)c(F)c(F)c(F)c5F)C(=O)C4(Cl)C3c3ccc4ccccc4c3O)C2C1=O. The molecule has 3 fully saturated rings. The van der Waals surface area contributed by atoms with Crippen molar-refractivity contribution in [3.8, 4) is 5.75 Å². The van der Waals surface area contributed by atoms with E-state index in [1.807, 2.05) is 0 Å². The van der Waals surface area contributed by atoms with Gasteiger partial charge in [0.15, 0.2) is 33.0 Å². The predicted molar refractivity (Wildman–Crippen MR) is 164 cm³/mol. The van der Waals surface area contributed by atoms with Crippen LogP contribution in [0.4, 0.5) is 27.6 Å². The summed E-state index contributed by atoms with van der Waals surface area (Å²) in [5.41, 5.74) is -2.59. The van der Waals surface area contributed by atoms with Crippen LogP contribution in [0, 0.1) is 46.8 Å². The van der Waals surface area contributed by atoms with Crippen LogP contribution in [-0.4, -0.2) is 48.9 Å². The molecule has 14 heteroatoms. The average molecular weight is 707 g/mol. The first-order chi connectivity index (χ1) is 22.4. The van der Waals surface area contributed by atoms with Crippen molar-refractivity contribution < 1.29 is 46.2 Å². The van der Waals surface area contributed by atoms with E-state index in [1.54, 1.807) is 57.2 Å². The highest BCUT2D eigenvalue weighted by atomic mass is 35.5. The number of anilines is 1. The van der Waals surface area contributed by atoms with Crippen LogP contribution in [-0.2, 0) is 19.2 Å². The molecule has 6 atom stereocenters. The Morgan fingerprint density at radius 3 is 2.04 bits per heavy atom. The molecule has 2 saturated heterocycles. The van der Waals surface area contributed by atoms with E-state index in [0.717, 1.165) is 4.90 Å². The summed E-state index contributed by atoms with van der Waals surface area (Å²) in [6, 6.07) is 9.60. The number of imide groups is 2. The summed E-state index contributed by atoms with van der Waals surface area (Å²) in [5.74, 6) is -21.5. The van der Waals surface area contributed by atoms with E-state index in [-0.39, 0.29) is 28.2 Å². The predicted octanol–water partition coefficient (Wildman–Crippen LogP) is 6.60. The number of hydrogen-bond acceptors (Lipinski definition) is 5. The lowest BCUT2D eigenvalue weighted by Gasteiger charge is -2.50. The Morgan fingerprint density at radius 2 is 1.42 bits per heavy atom. The highest BCUT2D eigenvalue weighted by Crippen LogP contribution is 2.67. The maximum atomic E-state index is 15.2. The molecule has 4 aliphatic rings. The van der Waals surface area contributed by atoms with Crippen molar-refractivity contribution in [1.82, 2.24) is 4.90 Å². The number of fused-ring (bicyclic) bond motifs is 5. The number of halogens is 7. The molecule has 0 bridgehead atoms. The summed E-state index contributed by atoms with van der Waals surface area (Å²) in [7, 11) is 0. The fraction of sp³-hybridized carbons (Fsp3) is 0.353. The Kier molecular flexibility index (Phi) is 6.94. The van der Waals surface area contributed by atoms with Gasteiger partial charge in [-0.1, -0.05) is 48.0 Å². The number of carbonyl (C=O) groups excluding carboxylic acids is 4. The van der Waals surface area contributed by atoms with Gasteiger partial charge >= 0.3 is 0 Å². The smallest absolute Gasteiger partial charge is 0.258 e. The molecule has 3 aromatic carbocycles. The fourth-order valence-corrected chi connectivity index (χ4v) is 9.01. The number of phenolic OH excluding ortho intramolecular Hbond substituents is 1. The molecular weight excluding hydrogens is 682 g/mol. The number of likely N-dealkylation sites (tertiary alicyclic amines) is 1. The minimum absolute atomic E-state index is 0.00421. The second-order valence-electron chi connectivity index (χ2n) is 13.6. The molecule has 1 saturated carbocycles. The van der Waals surface area contributed by atoms with Gasteiger partial charge < -0.3 is 5.11 Å². The van der Waals surface area contributed by atoms with Gasteiger partial charge in [0.25, 0.3) is 11.8 Å². The molecule has 7 nitrogen and oxygen atoms in total. The summed E-state index contributed by atoms with van der Waals surface area (Å²) in [5, 5.41) is 12.5. The minimum Gasteiger partial charge on any atom is -0.507 e. The number of allylic oxidation sites excluding steroid dienone is 2. The van der Waals surface area contributed by atoms with Crippen LogP contribution < -0.4 is 4.90 Å². The van der Waals surface area contributed by atoms with Gasteiger partial charge in [-0.25, -0.2) is 26.9 Å². The van der Waals surface area contributed by atoms with Crippen molar-refractivity contribution in [3.05, 3.63) is 82.7 Å². The van der Waals surface area contributed by atoms with E-state index in [0.29, 0.717) is 10.8 Å². The van der Waals surface area contributed by atoms with Gasteiger partial charge in [-0.3, -0.25) is 24.1 Å². The van der Waals surface area contributed by atoms with E-state index in [9.17, 15) is 37.5 Å². The molecule has 6 unspecified atom stereocenters. The number of alkyl halides is 2. The van der Waals surface area contributed by atoms with Crippen molar-refractivity contribution in [3.63, 3.8) is 0 Å². The lowest BCUT2D eigenvalue weighted by atomic mass is 9.56. The standard InChI is InChI=1S/C34H25Cl2F5N2O5/c1-32(2,3)43-28(45)16-11-10-15-18(19(16)29(43)46)12-33(35)30(47)42(26-24(40)22(38)21(37)23(39)25(26)41)31(48)34(33,36)20(15)17-9-8-13-6-4-5-7-14(13)27(17)44/h4-10,16,18-20,44H,11-12H2,1-3H3.